The Hall–Kier alpha value is -0.980. The highest BCUT2D eigenvalue weighted by atomic mass is 14.5. The summed E-state index contributed by atoms with van der Waals surface area (Å²) in [5.74, 6) is 0. The Balaban J connectivity index is 3.60. The molecular formula is C7H9N. The van der Waals surface area contributed by atoms with E-state index >= 15 is 0 Å². The fourth-order valence-corrected chi connectivity index (χ4v) is 0.385. The van der Waals surface area contributed by atoms with Gasteiger partial charge in [0.15, 0.2) is 0 Å². The van der Waals surface area contributed by atoms with Crippen molar-refractivity contribution in [1.82, 2.24) is 0 Å². The molecule has 0 aliphatic rings. The predicted octanol–water partition coefficient (Wildman–Crippen LogP) is 1.58. The van der Waals surface area contributed by atoms with Crippen molar-refractivity contribution in [3.8, 4) is 0 Å². The first kappa shape index (κ1) is 2.09. The van der Waals surface area contributed by atoms with Gasteiger partial charge in [-0.3, -0.25) is 0 Å². The van der Waals surface area contributed by atoms with Crippen molar-refractivity contribution in [3.63, 3.8) is 0 Å². The van der Waals surface area contributed by atoms with Gasteiger partial charge in [0.2, 0.25) is 0 Å². The molecule has 0 aliphatic carbocycles. The zero-order valence-corrected chi connectivity index (χ0v) is 4.58. The number of nitrogen functional groups attached to an aromatic ring is 1. The molecule has 0 unspecified atom stereocenters. The van der Waals surface area contributed by atoms with Crippen LogP contribution in [0.25, 0.3) is 0 Å². The van der Waals surface area contributed by atoms with Crippen molar-refractivity contribution in [1.29, 1.82) is 0 Å². The maximum absolute atomic E-state index is 7.35. The van der Waals surface area contributed by atoms with Gasteiger partial charge in [-0.15, -0.1) is 0 Å². The van der Waals surface area contributed by atoms with Gasteiger partial charge in [-0.05, 0) is 19.0 Å². The number of hydrogen-bond acceptors (Lipinski definition) is 1. The quantitative estimate of drug-likeness (QED) is 0.505. The van der Waals surface area contributed by atoms with Gasteiger partial charge in [0.25, 0.3) is 0 Å². The molecule has 1 rings (SSSR count). The summed E-state index contributed by atoms with van der Waals surface area (Å²) in [4.78, 5) is 0. The molecule has 42 valence electrons. The summed E-state index contributed by atoms with van der Waals surface area (Å²) in [5.41, 5.74) is 5.58. The summed E-state index contributed by atoms with van der Waals surface area (Å²) in [5, 5.41) is 0. The first-order valence-corrected chi connectivity index (χ1v) is 2.29. The lowest BCUT2D eigenvalue weighted by molar-refractivity contribution is 1.47. The minimum absolute atomic E-state index is 0.0616. The highest BCUT2D eigenvalue weighted by Gasteiger charge is 1.80. The summed E-state index contributed by atoms with van der Waals surface area (Å²) < 4.78 is 29.3. The lowest BCUT2D eigenvalue weighted by Gasteiger charge is -1.90. The fraction of sp³-hybridized carbons (Fsp3) is 0.143. The number of benzene rings is 1. The van der Waals surface area contributed by atoms with E-state index in [0.717, 1.165) is 0 Å². The second-order valence-corrected chi connectivity index (χ2v) is 1.54. The van der Waals surface area contributed by atoms with Gasteiger partial charge in [-0.2, -0.15) is 0 Å². The number of nitrogens with two attached hydrogens (primary N) is 1. The molecule has 1 heteroatoms. The lowest BCUT2D eigenvalue weighted by atomic mass is 10.2. The lowest BCUT2D eigenvalue weighted by Crippen LogP contribution is -1.81. The smallest absolute Gasteiger partial charge is 0.0645 e. The van der Waals surface area contributed by atoms with E-state index in [9.17, 15) is 0 Å². The zero-order valence-electron chi connectivity index (χ0n) is 8.58. The average molecular weight is 111 g/mol. The molecule has 8 heavy (non-hydrogen) atoms. The molecule has 0 amide bonds. The molecule has 2 N–H and O–H groups in total. The molecular weight excluding hydrogens is 98.1 g/mol. The third kappa shape index (κ3) is 0.997. The molecule has 0 fully saturated rings. The van der Waals surface area contributed by atoms with Crippen LogP contribution in [-0.4, -0.2) is 0 Å². The van der Waals surface area contributed by atoms with Gasteiger partial charge in [0.05, 0.1) is 5.48 Å². The van der Waals surface area contributed by atoms with E-state index in [4.69, 9.17) is 11.2 Å². The summed E-state index contributed by atoms with van der Waals surface area (Å²) in [6.45, 7) is 1.54. The molecule has 0 heterocycles. The molecule has 0 aromatic heterocycles. The van der Waals surface area contributed by atoms with E-state index in [1.54, 1.807) is 6.92 Å². The van der Waals surface area contributed by atoms with E-state index in [1.165, 1.54) is 0 Å². The zero-order chi connectivity index (χ0) is 9.46. The van der Waals surface area contributed by atoms with Crippen LogP contribution >= 0.6 is 0 Å². The van der Waals surface area contributed by atoms with Crippen LogP contribution in [0.4, 0.5) is 5.69 Å². The predicted molar refractivity (Wildman–Crippen MR) is 35.6 cm³/mol. The first-order chi connectivity index (χ1) is 5.46. The van der Waals surface area contributed by atoms with Crippen molar-refractivity contribution >= 4 is 5.69 Å². The van der Waals surface area contributed by atoms with E-state index < -0.39 is 0 Å². The van der Waals surface area contributed by atoms with Crippen molar-refractivity contribution in [2.24, 2.45) is 0 Å². The van der Waals surface area contributed by atoms with Gasteiger partial charge < -0.3 is 5.73 Å². The topological polar surface area (TPSA) is 26.0 Å². The van der Waals surface area contributed by atoms with E-state index in [0.29, 0.717) is 5.56 Å². The minimum Gasteiger partial charge on any atom is -0.399 e. The van der Waals surface area contributed by atoms with Crippen LogP contribution in [-0.2, 0) is 0 Å². The van der Waals surface area contributed by atoms with Crippen LogP contribution in [0.3, 0.4) is 0 Å². The second kappa shape index (κ2) is 1.86. The van der Waals surface area contributed by atoms with Gasteiger partial charge in [-0.1, -0.05) is 17.6 Å². The molecule has 0 saturated heterocycles. The third-order valence-electron chi connectivity index (χ3n) is 0.769. The molecule has 1 nitrogen and oxygen atoms in total. The number of rotatable bonds is 0. The van der Waals surface area contributed by atoms with Gasteiger partial charge in [-0.25, -0.2) is 0 Å². The molecule has 0 aliphatic heterocycles. The SMILES string of the molecule is [2H]c1c([2H])c(N)c([2H])c([2H])c1C. The Morgan fingerprint density at radius 1 is 1.38 bits per heavy atom. The molecule has 0 bridgehead atoms. The van der Waals surface area contributed by atoms with Crippen molar-refractivity contribution in [3.05, 3.63) is 29.7 Å². The van der Waals surface area contributed by atoms with Crippen LogP contribution in [0.2, 0.25) is 0 Å². The van der Waals surface area contributed by atoms with Crippen molar-refractivity contribution in [2.45, 2.75) is 6.92 Å². The van der Waals surface area contributed by atoms with Crippen molar-refractivity contribution < 1.29 is 5.48 Å². The molecule has 0 radical (unpaired) electrons. The Morgan fingerprint density at radius 2 is 1.88 bits per heavy atom. The summed E-state index contributed by atoms with van der Waals surface area (Å²) in [6, 6.07) is -0.441. The molecule has 0 spiro atoms. The van der Waals surface area contributed by atoms with Gasteiger partial charge in [0, 0.05) is 5.69 Å². The van der Waals surface area contributed by atoms with Crippen molar-refractivity contribution in [2.75, 3.05) is 5.73 Å². The summed E-state index contributed by atoms with van der Waals surface area (Å²) in [7, 11) is 0. The standard InChI is InChI=1S/C7H9N/c1-6-2-4-7(8)5-3-6/h2-5H,8H2,1H3/i2D,3D,4D,5D. The third-order valence-corrected chi connectivity index (χ3v) is 0.769. The van der Waals surface area contributed by atoms with Gasteiger partial charge >= 0.3 is 0 Å². The summed E-state index contributed by atoms with van der Waals surface area (Å²) in [6.07, 6.45) is 0. The highest BCUT2D eigenvalue weighted by molar-refractivity contribution is 5.38. The van der Waals surface area contributed by atoms with Gasteiger partial charge in [0.1, 0.15) is 0 Å². The average Bonchev–Trinajstić information content (AvgIpc) is 2.08. The summed E-state index contributed by atoms with van der Waals surface area (Å²) >= 11 is 0. The minimum atomic E-state index is -0.159. The molecule has 0 saturated carbocycles. The Labute approximate surface area is 54.8 Å². The van der Waals surface area contributed by atoms with Crippen LogP contribution in [0.5, 0.6) is 0 Å². The monoisotopic (exact) mass is 111 g/mol. The number of anilines is 1. The molecule has 1 aromatic carbocycles. The van der Waals surface area contributed by atoms with Crippen LogP contribution < -0.4 is 5.73 Å². The molecule has 1 aromatic rings. The van der Waals surface area contributed by atoms with Crippen LogP contribution in [0.1, 0.15) is 11.0 Å². The Kier molecular flexibility index (Phi) is 0.488. The normalized spacial score (nSPS) is 16.1. The van der Waals surface area contributed by atoms with E-state index in [2.05, 4.69) is 0 Å². The maximum atomic E-state index is 7.35. The fourth-order valence-electron chi connectivity index (χ4n) is 0.385. The highest BCUT2D eigenvalue weighted by Crippen LogP contribution is 2.02. The maximum Gasteiger partial charge on any atom is 0.0645 e. The first-order valence-electron chi connectivity index (χ1n) is 4.29. The second-order valence-electron chi connectivity index (χ2n) is 1.54. The van der Waals surface area contributed by atoms with Crippen LogP contribution in [0, 0.1) is 6.92 Å². The Bertz CT molecular complexity index is 230. The van der Waals surface area contributed by atoms with Crippen LogP contribution in [0.15, 0.2) is 24.2 Å². The Morgan fingerprint density at radius 3 is 2.38 bits per heavy atom. The van der Waals surface area contributed by atoms with E-state index in [1.807, 2.05) is 0 Å². The molecule has 0 atom stereocenters. The number of hydrogen-bond donors (Lipinski definition) is 1. The largest absolute Gasteiger partial charge is 0.399 e. The van der Waals surface area contributed by atoms with E-state index in [-0.39, 0.29) is 29.9 Å².